The molecule has 8 nitrogen and oxygen atoms in total. The van der Waals surface area contributed by atoms with E-state index in [0.29, 0.717) is 22.6 Å². The third-order valence-corrected chi connectivity index (χ3v) is 4.09. The van der Waals surface area contributed by atoms with Gasteiger partial charge < -0.3 is 15.2 Å². The van der Waals surface area contributed by atoms with Crippen molar-refractivity contribution in [3.63, 3.8) is 0 Å². The Labute approximate surface area is 123 Å². The standard InChI is InChI=1S/C10H13N5O3S2/c1-18-3-2-15-5-7(4-11-15)12-9-13-14-10(20-9)19-6-8(16)17/h4-5H,2-3,6H2,1H3,(H,12,13)(H,16,17). The molecule has 2 heterocycles. The van der Waals surface area contributed by atoms with E-state index in [2.05, 4.69) is 20.6 Å². The summed E-state index contributed by atoms with van der Waals surface area (Å²) in [6.45, 7) is 1.27. The summed E-state index contributed by atoms with van der Waals surface area (Å²) in [5, 5.41) is 24.3. The first kappa shape index (κ1) is 14.8. The van der Waals surface area contributed by atoms with Crippen molar-refractivity contribution < 1.29 is 14.6 Å². The summed E-state index contributed by atoms with van der Waals surface area (Å²) >= 11 is 2.45. The van der Waals surface area contributed by atoms with E-state index in [-0.39, 0.29) is 5.75 Å². The topological polar surface area (TPSA) is 102 Å². The van der Waals surface area contributed by atoms with Crippen LogP contribution in [-0.4, -0.2) is 50.5 Å². The number of methoxy groups -OCH3 is 1. The van der Waals surface area contributed by atoms with Crippen LogP contribution in [0.2, 0.25) is 0 Å². The molecule has 0 radical (unpaired) electrons. The van der Waals surface area contributed by atoms with Gasteiger partial charge in [-0.1, -0.05) is 23.1 Å². The van der Waals surface area contributed by atoms with E-state index < -0.39 is 5.97 Å². The van der Waals surface area contributed by atoms with Gasteiger partial charge in [0.15, 0.2) is 4.34 Å². The van der Waals surface area contributed by atoms with Gasteiger partial charge in [0.1, 0.15) is 0 Å². The van der Waals surface area contributed by atoms with Crippen molar-refractivity contribution in [2.75, 3.05) is 24.8 Å². The second-order valence-corrected chi connectivity index (χ2v) is 5.87. The maximum Gasteiger partial charge on any atom is 0.313 e. The molecule has 0 saturated carbocycles. The van der Waals surface area contributed by atoms with E-state index in [4.69, 9.17) is 9.84 Å². The molecule has 0 aliphatic heterocycles. The number of rotatable bonds is 8. The molecule has 0 spiro atoms. The highest BCUT2D eigenvalue weighted by Gasteiger charge is 2.08. The Hall–Kier alpha value is -1.65. The van der Waals surface area contributed by atoms with Crippen molar-refractivity contribution in [1.82, 2.24) is 20.0 Å². The molecule has 10 heteroatoms. The summed E-state index contributed by atoms with van der Waals surface area (Å²) in [4.78, 5) is 10.5. The van der Waals surface area contributed by atoms with Crippen LogP contribution in [0.1, 0.15) is 0 Å². The molecule has 2 aromatic rings. The lowest BCUT2D eigenvalue weighted by atomic mass is 10.6. The Morgan fingerprint density at radius 2 is 2.45 bits per heavy atom. The minimum atomic E-state index is -0.876. The van der Waals surface area contributed by atoms with Gasteiger partial charge in [0.25, 0.3) is 0 Å². The summed E-state index contributed by atoms with van der Waals surface area (Å²) in [5.74, 6) is -0.900. The number of carboxylic acid groups (broad SMARTS) is 1. The van der Waals surface area contributed by atoms with E-state index in [9.17, 15) is 4.79 Å². The minimum Gasteiger partial charge on any atom is -0.481 e. The van der Waals surface area contributed by atoms with Crippen molar-refractivity contribution in [2.45, 2.75) is 10.9 Å². The molecule has 0 unspecified atom stereocenters. The molecule has 0 aliphatic carbocycles. The summed E-state index contributed by atoms with van der Waals surface area (Å²) in [6.07, 6.45) is 3.52. The summed E-state index contributed by atoms with van der Waals surface area (Å²) in [6, 6.07) is 0. The molecular weight excluding hydrogens is 302 g/mol. The van der Waals surface area contributed by atoms with Crippen LogP contribution in [0.4, 0.5) is 10.8 Å². The third-order valence-electron chi connectivity index (χ3n) is 2.13. The van der Waals surface area contributed by atoms with Gasteiger partial charge in [-0.25, -0.2) is 0 Å². The van der Waals surface area contributed by atoms with Crippen LogP contribution >= 0.6 is 23.1 Å². The predicted octanol–water partition coefficient (Wildman–Crippen LogP) is 1.30. The van der Waals surface area contributed by atoms with Gasteiger partial charge in [-0.2, -0.15) is 5.10 Å². The molecular formula is C10H13N5O3S2. The number of thioether (sulfide) groups is 1. The number of aromatic nitrogens is 4. The number of aliphatic carboxylic acids is 1. The largest absolute Gasteiger partial charge is 0.481 e. The summed E-state index contributed by atoms with van der Waals surface area (Å²) in [5.41, 5.74) is 0.798. The SMILES string of the molecule is COCCn1cc(Nc2nnc(SCC(=O)O)s2)cn1. The van der Waals surface area contributed by atoms with Gasteiger partial charge in [0, 0.05) is 13.3 Å². The van der Waals surface area contributed by atoms with Crippen molar-refractivity contribution in [2.24, 2.45) is 0 Å². The molecule has 0 aromatic carbocycles. The Morgan fingerprint density at radius 3 is 3.20 bits per heavy atom. The van der Waals surface area contributed by atoms with Crippen LogP contribution in [-0.2, 0) is 16.1 Å². The Balaban J connectivity index is 1.89. The highest BCUT2D eigenvalue weighted by molar-refractivity contribution is 8.01. The molecule has 2 aromatic heterocycles. The quantitative estimate of drug-likeness (QED) is 0.703. The average molecular weight is 315 g/mol. The lowest BCUT2D eigenvalue weighted by molar-refractivity contribution is -0.133. The van der Waals surface area contributed by atoms with Gasteiger partial charge in [-0.05, 0) is 0 Å². The van der Waals surface area contributed by atoms with Gasteiger partial charge in [0.05, 0.1) is 30.8 Å². The number of nitrogens with zero attached hydrogens (tertiary/aromatic N) is 4. The third kappa shape index (κ3) is 4.47. The van der Waals surface area contributed by atoms with Crippen LogP contribution in [0.25, 0.3) is 0 Å². The van der Waals surface area contributed by atoms with Gasteiger partial charge in [0.2, 0.25) is 5.13 Å². The van der Waals surface area contributed by atoms with Gasteiger partial charge in [-0.15, -0.1) is 10.2 Å². The number of hydrogen-bond donors (Lipinski definition) is 2. The molecule has 0 atom stereocenters. The first-order valence-electron chi connectivity index (χ1n) is 5.64. The fraction of sp³-hybridized carbons (Fsp3) is 0.400. The van der Waals surface area contributed by atoms with Crippen LogP contribution < -0.4 is 5.32 Å². The average Bonchev–Trinajstić information content (AvgIpc) is 3.04. The minimum absolute atomic E-state index is 0.0242. The number of hydrogen-bond acceptors (Lipinski definition) is 8. The monoisotopic (exact) mass is 315 g/mol. The zero-order valence-electron chi connectivity index (χ0n) is 10.6. The second-order valence-electron chi connectivity index (χ2n) is 3.67. The fourth-order valence-corrected chi connectivity index (χ4v) is 2.79. The molecule has 0 saturated heterocycles. The lowest BCUT2D eigenvalue weighted by Gasteiger charge is -1.98. The molecule has 0 fully saturated rings. The van der Waals surface area contributed by atoms with Crippen molar-refractivity contribution >= 4 is 39.9 Å². The van der Waals surface area contributed by atoms with Gasteiger partial charge in [-0.3, -0.25) is 9.48 Å². The normalized spacial score (nSPS) is 10.7. The first-order valence-corrected chi connectivity index (χ1v) is 7.44. The zero-order chi connectivity index (χ0) is 14.4. The van der Waals surface area contributed by atoms with Crippen molar-refractivity contribution in [1.29, 1.82) is 0 Å². The number of anilines is 2. The fourth-order valence-electron chi connectivity index (χ4n) is 1.30. The van der Waals surface area contributed by atoms with E-state index in [1.165, 1.54) is 11.3 Å². The molecule has 2 rings (SSSR count). The van der Waals surface area contributed by atoms with Crippen LogP contribution in [0.3, 0.4) is 0 Å². The Bertz CT molecular complexity index is 571. The van der Waals surface area contributed by atoms with Crippen LogP contribution in [0.15, 0.2) is 16.7 Å². The van der Waals surface area contributed by atoms with E-state index in [1.54, 1.807) is 18.0 Å². The van der Waals surface area contributed by atoms with E-state index in [0.717, 1.165) is 17.4 Å². The maximum absolute atomic E-state index is 10.5. The van der Waals surface area contributed by atoms with Crippen molar-refractivity contribution in [3.8, 4) is 0 Å². The Kier molecular flexibility index (Phi) is 5.32. The van der Waals surface area contributed by atoms with Gasteiger partial charge >= 0.3 is 5.97 Å². The van der Waals surface area contributed by atoms with Crippen LogP contribution in [0.5, 0.6) is 0 Å². The highest BCUT2D eigenvalue weighted by atomic mass is 32.2. The number of carboxylic acids is 1. The number of ether oxygens (including phenoxy) is 1. The van der Waals surface area contributed by atoms with E-state index >= 15 is 0 Å². The predicted molar refractivity (Wildman–Crippen MR) is 75.7 cm³/mol. The van der Waals surface area contributed by atoms with Crippen molar-refractivity contribution in [3.05, 3.63) is 12.4 Å². The molecule has 2 N–H and O–H groups in total. The Morgan fingerprint density at radius 1 is 1.60 bits per heavy atom. The second kappa shape index (κ2) is 7.22. The molecule has 20 heavy (non-hydrogen) atoms. The summed E-state index contributed by atoms with van der Waals surface area (Å²) in [7, 11) is 1.64. The summed E-state index contributed by atoms with van der Waals surface area (Å²) < 4.78 is 7.34. The molecule has 0 bridgehead atoms. The number of nitrogens with one attached hydrogen (secondary N) is 1. The highest BCUT2D eigenvalue weighted by Crippen LogP contribution is 2.27. The maximum atomic E-state index is 10.5. The molecule has 0 aliphatic rings. The van der Waals surface area contributed by atoms with E-state index in [1.807, 2.05) is 6.20 Å². The lowest BCUT2D eigenvalue weighted by Crippen LogP contribution is -2.03. The first-order chi connectivity index (χ1) is 9.67. The smallest absolute Gasteiger partial charge is 0.313 e. The van der Waals surface area contributed by atoms with Crippen LogP contribution in [0, 0.1) is 0 Å². The molecule has 0 amide bonds. The molecule has 108 valence electrons. The number of carbonyl (C=O) groups is 1. The zero-order valence-corrected chi connectivity index (χ0v) is 12.3.